The van der Waals surface area contributed by atoms with Crippen molar-refractivity contribution in [2.75, 3.05) is 11.9 Å². The largest absolute Gasteiger partial charge is 0.356 e. The number of amides is 1. The zero-order valence-corrected chi connectivity index (χ0v) is 16.6. The van der Waals surface area contributed by atoms with Gasteiger partial charge in [-0.15, -0.1) is 0 Å². The third kappa shape index (κ3) is 4.29. The fourth-order valence-corrected chi connectivity index (χ4v) is 3.60. The lowest BCUT2D eigenvalue weighted by Crippen LogP contribution is -2.19. The van der Waals surface area contributed by atoms with Gasteiger partial charge >= 0.3 is 0 Å². The van der Waals surface area contributed by atoms with Gasteiger partial charge in [-0.1, -0.05) is 6.07 Å². The summed E-state index contributed by atoms with van der Waals surface area (Å²) < 4.78 is 27.7. The van der Waals surface area contributed by atoms with E-state index in [0.717, 1.165) is 16.7 Å². The van der Waals surface area contributed by atoms with Crippen LogP contribution in [0.15, 0.2) is 42.9 Å². The topological polar surface area (TPSA) is 84.7 Å². The summed E-state index contributed by atoms with van der Waals surface area (Å²) in [5, 5.41) is 10.3. The van der Waals surface area contributed by atoms with Crippen molar-refractivity contribution < 1.29 is 13.6 Å². The highest BCUT2D eigenvalue weighted by Crippen LogP contribution is 2.29. The summed E-state index contributed by atoms with van der Waals surface area (Å²) in [4.78, 5) is 19.4. The first kappa shape index (κ1) is 19.9. The molecule has 1 aliphatic heterocycles. The quantitative estimate of drug-likeness (QED) is 0.639. The van der Waals surface area contributed by atoms with Gasteiger partial charge in [0.2, 0.25) is 11.9 Å². The van der Waals surface area contributed by atoms with E-state index in [9.17, 15) is 13.6 Å². The van der Waals surface area contributed by atoms with Crippen LogP contribution < -0.4 is 10.6 Å². The Hall–Kier alpha value is -3.36. The average molecular weight is 412 g/mol. The number of aryl methyl sites for hydroxylation is 1. The highest BCUT2D eigenvalue weighted by atomic mass is 19.3. The Balaban J connectivity index is 1.56. The molecule has 1 fully saturated rings. The molecule has 0 bridgehead atoms. The summed E-state index contributed by atoms with van der Waals surface area (Å²) in [6, 6.07) is 7.10. The van der Waals surface area contributed by atoms with Crippen LogP contribution in [0.3, 0.4) is 0 Å². The Morgan fingerprint density at radius 1 is 1.27 bits per heavy atom. The smallest absolute Gasteiger partial charge is 0.280 e. The van der Waals surface area contributed by atoms with Gasteiger partial charge in [0.25, 0.3) is 6.43 Å². The third-order valence-electron chi connectivity index (χ3n) is 5.28. The minimum Gasteiger partial charge on any atom is -0.356 e. The lowest BCUT2D eigenvalue weighted by Gasteiger charge is -2.17. The van der Waals surface area contributed by atoms with Crippen molar-refractivity contribution in [1.29, 1.82) is 0 Å². The van der Waals surface area contributed by atoms with Gasteiger partial charge in [-0.3, -0.25) is 9.48 Å². The van der Waals surface area contributed by atoms with Crippen LogP contribution in [0, 0.1) is 12.8 Å². The minimum atomic E-state index is -2.65. The van der Waals surface area contributed by atoms with Crippen LogP contribution in [0.1, 0.15) is 37.1 Å². The molecule has 156 valence electrons. The van der Waals surface area contributed by atoms with Gasteiger partial charge in [0.15, 0.2) is 0 Å². The second kappa shape index (κ2) is 8.17. The summed E-state index contributed by atoms with van der Waals surface area (Å²) in [6.07, 6.45) is 2.90. The Bertz CT molecular complexity index is 1070. The van der Waals surface area contributed by atoms with Crippen LogP contribution >= 0.6 is 0 Å². The number of carbonyl (C=O) groups is 1. The lowest BCUT2D eigenvalue weighted by molar-refractivity contribution is -0.119. The normalized spacial score (nSPS) is 17.2. The number of aromatic nitrogens is 4. The Labute approximate surface area is 172 Å². The number of nitrogens with zero attached hydrogens (tertiary/aromatic N) is 4. The highest BCUT2D eigenvalue weighted by molar-refractivity contribution is 5.78. The average Bonchev–Trinajstić information content (AvgIpc) is 3.36. The fourth-order valence-electron chi connectivity index (χ4n) is 3.60. The number of benzene rings is 1. The van der Waals surface area contributed by atoms with Crippen LogP contribution in [0.25, 0.3) is 11.1 Å². The maximum atomic E-state index is 12.9. The number of halogens is 2. The molecule has 30 heavy (non-hydrogen) atoms. The fraction of sp³-hybridized carbons (Fsp3) is 0.333. The molecule has 2 unspecified atom stereocenters. The molecule has 2 atom stereocenters. The maximum absolute atomic E-state index is 12.9. The summed E-state index contributed by atoms with van der Waals surface area (Å²) in [5.74, 6) is 0.401. The highest BCUT2D eigenvalue weighted by Gasteiger charge is 2.28. The molecule has 7 nitrogen and oxygen atoms in total. The molecule has 1 aliphatic rings. The molecule has 2 aromatic heterocycles. The van der Waals surface area contributed by atoms with E-state index < -0.39 is 6.43 Å². The molecule has 0 saturated carbocycles. The van der Waals surface area contributed by atoms with E-state index in [0.29, 0.717) is 18.7 Å². The number of hydrogen-bond donors (Lipinski definition) is 2. The second-order valence-corrected chi connectivity index (χ2v) is 7.54. The van der Waals surface area contributed by atoms with Gasteiger partial charge < -0.3 is 10.6 Å². The summed E-state index contributed by atoms with van der Waals surface area (Å²) in [6.45, 7) is 4.66. The van der Waals surface area contributed by atoms with Crippen molar-refractivity contribution in [2.45, 2.75) is 32.7 Å². The van der Waals surface area contributed by atoms with Crippen LogP contribution in [0.4, 0.5) is 20.4 Å². The lowest BCUT2D eigenvalue weighted by atomic mass is 10.0. The Morgan fingerprint density at radius 2 is 2.10 bits per heavy atom. The van der Waals surface area contributed by atoms with Gasteiger partial charge in [-0.05, 0) is 43.2 Å². The molecule has 1 amide bonds. The van der Waals surface area contributed by atoms with Crippen molar-refractivity contribution in [3.05, 3.63) is 54.1 Å². The monoisotopic (exact) mass is 412 g/mol. The van der Waals surface area contributed by atoms with Gasteiger partial charge in [-0.2, -0.15) is 5.10 Å². The molecule has 2 N–H and O–H groups in total. The number of anilines is 2. The van der Waals surface area contributed by atoms with E-state index in [2.05, 4.69) is 32.6 Å². The van der Waals surface area contributed by atoms with Crippen molar-refractivity contribution >= 4 is 17.5 Å². The first-order valence-electron chi connectivity index (χ1n) is 9.70. The Morgan fingerprint density at radius 3 is 2.83 bits per heavy atom. The molecular weight excluding hydrogens is 390 g/mol. The van der Waals surface area contributed by atoms with Gasteiger partial charge in [0, 0.05) is 42.5 Å². The minimum absolute atomic E-state index is 0.0757. The van der Waals surface area contributed by atoms with Crippen LogP contribution in [0.5, 0.6) is 0 Å². The molecule has 0 spiro atoms. The first-order chi connectivity index (χ1) is 14.4. The van der Waals surface area contributed by atoms with Gasteiger partial charge in [-0.25, -0.2) is 18.7 Å². The number of carbonyl (C=O) groups excluding carboxylic acids is 1. The molecule has 1 saturated heterocycles. The molecule has 3 heterocycles. The van der Waals surface area contributed by atoms with Crippen LogP contribution in [-0.2, 0) is 4.79 Å². The van der Waals surface area contributed by atoms with E-state index in [-0.39, 0.29) is 29.5 Å². The molecule has 4 rings (SSSR count). The van der Waals surface area contributed by atoms with E-state index in [1.165, 1.54) is 12.3 Å². The molecular formula is C21H22F2N6O. The standard InChI is InChI=1S/C21H22F2N6O/c1-12-5-14(7-17(6-12)27-21-24-4-3-18(28-21)20(22)23)16-10-26-29(11-16)13(2)15-8-19(30)25-9-15/h3-7,10-11,13,15,20H,8-9H2,1-2H3,(H,25,30)(H,24,27,28). The summed E-state index contributed by atoms with van der Waals surface area (Å²) >= 11 is 0. The summed E-state index contributed by atoms with van der Waals surface area (Å²) in [7, 11) is 0. The number of alkyl halides is 2. The zero-order chi connectivity index (χ0) is 21.3. The van der Waals surface area contributed by atoms with Gasteiger partial charge in [0.1, 0.15) is 5.69 Å². The van der Waals surface area contributed by atoms with Crippen molar-refractivity contribution in [3.8, 4) is 11.1 Å². The van der Waals surface area contributed by atoms with E-state index >= 15 is 0 Å². The van der Waals surface area contributed by atoms with E-state index in [4.69, 9.17) is 0 Å². The first-order valence-corrected chi connectivity index (χ1v) is 9.70. The van der Waals surface area contributed by atoms with E-state index in [1.807, 2.05) is 36.0 Å². The van der Waals surface area contributed by atoms with Crippen LogP contribution in [0.2, 0.25) is 0 Å². The van der Waals surface area contributed by atoms with Crippen molar-refractivity contribution in [3.63, 3.8) is 0 Å². The van der Waals surface area contributed by atoms with Crippen LogP contribution in [-0.4, -0.2) is 32.2 Å². The molecule has 9 heteroatoms. The maximum Gasteiger partial charge on any atom is 0.280 e. The van der Waals surface area contributed by atoms with Crippen molar-refractivity contribution in [1.82, 2.24) is 25.1 Å². The third-order valence-corrected chi connectivity index (χ3v) is 5.28. The summed E-state index contributed by atoms with van der Waals surface area (Å²) in [5.41, 5.74) is 3.22. The predicted octanol–water partition coefficient (Wildman–Crippen LogP) is 4.03. The molecule has 0 radical (unpaired) electrons. The Kier molecular flexibility index (Phi) is 5.43. The second-order valence-electron chi connectivity index (χ2n) is 7.54. The molecule has 1 aromatic carbocycles. The zero-order valence-electron chi connectivity index (χ0n) is 16.6. The van der Waals surface area contributed by atoms with Gasteiger partial charge in [0.05, 0.1) is 12.2 Å². The number of nitrogens with one attached hydrogen (secondary N) is 2. The van der Waals surface area contributed by atoms with E-state index in [1.54, 1.807) is 6.20 Å². The van der Waals surface area contributed by atoms with Crippen molar-refractivity contribution in [2.24, 2.45) is 5.92 Å². The molecule has 3 aromatic rings. The number of rotatable bonds is 6. The SMILES string of the molecule is Cc1cc(Nc2nccc(C(F)F)n2)cc(-c2cnn(C(C)C3CNC(=O)C3)c2)c1. The molecule has 0 aliphatic carbocycles. The predicted molar refractivity (Wildman–Crippen MR) is 108 cm³/mol. The number of hydrogen-bond acceptors (Lipinski definition) is 5.